The van der Waals surface area contributed by atoms with E-state index in [4.69, 9.17) is 9.47 Å². The van der Waals surface area contributed by atoms with Gasteiger partial charge in [-0.1, -0.05) is 36.8 Å². The maximum atomic E-state index is 12.3. The van der Waals surface area contributed by atoms with Crippen molar-refractivity contribution in [2.24, 2.45) is 0 Å². The lowest BCUT2D eigenvalue weighted by molar-refractivity contribution is -0.155. The Kier molecular flexibility index (Phi) is 9.14. The summed E-state index contributed by atoms with van der Waals surface area (Å²) >= 11 is 0. The number of ether oxygens (including phenoxy) is 2. The Labute approximate surface area is 170 Å². The zero-order valence-corrected chi connectivity index (χ0v) is 16.7. The van der Waals surface area contributed by atoms with E-state index in [1.165, 1.54) is 4.90 Å². The minimum absolute atomic E-state index is 0.172. The van der Waals surface area contributed by atoms with Crippen molar-refractivity contribution in [2.75, 3.05) is 19.7 Å². The Hall–Kier alpha value is -2.90. The van der Waals surface area contributed by atoms with E-state index in [0.29, 0.717) is 19.4 Å². The van der Waals surface area contributed by atoms with Gasteiger partial charge >= 0.3 is 12.1 Å². The van der Waals surface area contributed by atoms with Gasteiger partial charge < -0.3 is 19.7 Å². The molecule has 0 aliphatic carbocycles. The second-order valence-electron chi connectivity index (χ2n) is 6.76. The van der Waals surface area contributed by atoms with Crippen LogP contribution in [-0.2, 0) is 30.5 Å². The van der Waals surface area contributed by atoms with Crippen LogP contribution in [0.4, 0.5) is 4.79 Å². The van der Waals surface area contributed by atoms with Gasteiger partial charge in [0, 0.05) is 25.9 Å². The van der Waals surface area contributed by atoms with Gasteiger partial charge in [-0.15, -0.1) is 0 Å². The fourth-order valence-corrected chi connectivity index (χ4v) is 3.11. The topological polar surface area (TPSA) is 102 Å². The highest BCUT2D eigenvalue weighted by molar-refractivity contribution is 6.07. The molecule has 1 fully saturated rings. The highest BCUT2D eigenvalue weighted by Crippen LogP contribution is 2.17. The van der Waals surface area contributed by atoms with E-state index in [1.54, 1.807) is 6.92 Å². The molecule has 0 saturated carbocycles. The molecule has 1 N–H and O–H groups in total. The van der Waals surface area contributed by atoms with Crippen LogP contribution in [-0.4, -0.2) is 54.4 Å². The fourth-order valence-electron chi connectivity index (χ4n) is 3.11. The minimum Gasteiger partial charge on any atom is -0.464 e. The van der Waals surface area contributed by atoms with E-state index in [2.05, 4.69) is 5.32 Å². The first-order valence-electron chi connectivity index (χ1n) is 9.96. The van der Waals surface area contributed by atoms with Crippen molar-refractivity contribution in [3.63, 3.8) is 0 Å². The SMILES string of the molecule is CCOC(=O)C1C(=O)CCN1C(=O)CCCCCNC(=O)OCc1ccccc1. The van der Waals surface area contributed by atoms with Crippen LogP contribution in [0.2, 0.25) is 0 Å². The van der Waals surface area contributed by atoms with Gasteiger partial charge in [-0.2, -0.15) is 0 Å². The quantitative estimate of drug-likeness (QED) is 0.364. The highest BCUT2D eigenvalue weighted by atomic mass is 16.5. The average Bonchev–Trinajstić information content (AvgIpc) is 3.11. The molecule has 0 aromatic heterocycles. The molecule has 2 rings (SSSR count). The predicted octanol–water partition coefficient (Wildman–Crippen LogP) is 2.21. The van der Waals surface area contributed by atoms with Gasteiger partial charge in [-0.3, -0.25) is 9.59 Å². The third-order valence-electron chi connectivity index (χ3n) is 4.60. The number of esters is 1. The Morgan fingerprint density at radius 3 is 2.59 bits per heavy atom. The molecule has 1 aliphatic rings. The van der Waals surface area contributed by atoms with Crippen molar-refractivity contribution in [1.29, 1.82) is 0 Å². The monoisotopic (exact) mass is 404 g/mol. The Morgan fingerprint density at radius 2 is 1.86 bits per heavy atom. The average molecular weight is 404 g/mol. The maximum absolute atomic E-state index is 12.3. The third-order valence-corrected chi connectivity index (χ3v) is 4.60. The molecule has 1 aromatic carbocycles. The lowest BCUT2D eigenvalue weighted by Gasteiger charge is -2.21. The van der Waals surface area contributed by atoms with Crippen LogP contribution in [0.5, 0.6) is 0 Å². The van der Waals surface area contributed by atoms with E-state index in [1.807, 2.05) is 30.3 Å². The van der Waals surface area contributed by atoms with E-state index in [-0.39, 0.29) is 44.3 Å². The predicted molar refractivity (Wildman–Crippen MR) is 105 cm³/mol. The fraction of sp³-hybridized carbons (Fsp3) is 0.524. The molecule has 29 heavy (non-hydrogen) atoms. The Morgan fingerprint density at radius 1 is 1.10 bits per heavy atom. The molecule has 1 unspecified atom stereocenters. The first kappa shape index (κ1) is 22.4. The normalized spacial score (nSPS) is 15.8. The molecule has 1 aromatic rings. The van der Waals surface area contributed by atoms with E-state index >= 15 is 0 Å². The van der Waals surface area contributed by atoms with Crippen molar-refractivity contribution in [2.45, 2.75) is 51.7 Å². The van der Waals surface area contributed by atoms with Crippen LogP contribution < -0.4 is 5.32 Å². The van der Waals surface area contributed by atoms with Crippen LogP contribution in [0, 0.1) is 0 Å². The number of carbonyl (C=O) groups is 4. The highest BCUT2D eigenvalue weighted by Gasteiger charge is 2.41. The molecule has 0 spiro atoms. The van der Waals surface area contributed by atoms with Crippen LogP contribution in [0.15, 0.2) is 30.3 Å². The van der Waals surface area contributed by atoms with Crippen molar-refractivity contribution < 1.29 is 28.7 Å². The number of alkyl carbamates (subject to hydrolysis) is 1. The number of amides is 2. The van der Waals surface area contributed by atoms with Gasteiger partial charge in [0.05, 0.1) is 6.61 Å². The maximum Gasteiger partial charge on any atom is 0.407 e. The number of likely N-dealkylation sites (tertiary alicyclic amines) is 1. The summed E-state index contributed by atoms with van der Waals surface area (Å²) in [4.78, 5) is 49.1. The van der Waals surface area contributed by atoms with Crippen molar-refractivity contribution in [1.82, 2.24) is 10.2 Å². The summed E-state index contributed by atoms with van der Waals surface area (Å²) in [6, 6.07) is 8.32. The molecule has 8 nitrogen and oxygen atoms in total. The molecule has 1 atom stereocenters. The first-order valence-corrected chi connectivity index (χ1v) is 9.96. The van der Waals surface area contributed by atoms with Gasteiger partial charge in [-0.25, -0.2) is 9.59 Å². The molecule has 1 saturated heterocycles. The van der Waals surface area contributed by atoms with Gasteiger partial charge in [0.25, 0.3) is 0 Å². The number of carbonyl (C=O) groups excluding carboxylic acids is 4. The van der Waals surface area contributed by atoms with Crippen molar-refractivity contribution in [3.05, 3.63) is 35.9 Å². The Balaban J connectivity index is 1.58. The van der Waals surface area contributed by atoms with Gasteiger partial charge in [-0.05, 0) is 25.3 Å². The number of benzene rings is 1. The smallest absolute Gasteiger partial charge is 0.407 e. The lowest BCUT2D eigenvalue weighted by Crippen LogP contribution is -2.44. The van der Waals surface area contributed by atoms with Gasteiger partial charge in [0.2, 0.25) is 5.91 Å². The second-order valence-corrected chi connectivity index (χ2v) is 6.76. The number of hydrogen-bond acceptors (Lipinski definition) is 6. The summed E-state index contributed by atoms with van der Waals surface area (Å²) in [7, 11) is 0. The standard InChI is InChI=1S/C21H28N2O6/c1-2-28-20(26)19-17(24)12-14-23(19)18(25)11-7-4-8-13-22-21(27)29-15-16-9-5-3-6-10-16/h3,5-6,9-10,19H,2,4,7-8,11-15H2,1H3,(H,22,27). The van der Waals surface area contributed by atoms with Crippen molar-refractivity contribution >= 4 is 23.8 Å². The van der Waals surface area contributed by atoms with E-state index < -0.39 is 18.1 Å². The molecule has 0 bridgehead atoms. The number of nitrogens with one attached hydrogen (secondary N) is 1. The molecule has 1 aliphatic heterocycles. The largest absolute Gasteiger partial charge is 0.464 e. The van der Waals surface area contributed by atoms with Gasteiger partial charge in [0.15, 0.2) is 11.8 Å². The number of unbranched alkanes of at least 4 members (excludes halogenated alkanes) is 2. The van der Waals surface area contributed by atoms with Crippen LogP contribution >= 0.6 is 0 Å². The number of nitrogens with zero attached hydrogens (tertiary/aromatic N) is 1. The van der Waals surface area contributed by atoms with Crippen LogP contribution in [0.1, 0.15) is 44.6 Å². The molecule has 1 heterocycles. The second kappa shape index (κ2) is 11.8. The minimum atomic E-state index is -1.09. The Bertz CT molecular complexity index is 706. The summed E-state index contributed by atoms with van der Waals surface area (Å²) in [6.07, 6.45) is 2.01. The number of rotatable bonds is 10. The van der Waals surface area contributed by atoms with Gasteiger partial charge in [0.1, 0.15) is 6.61 Å². The van der Waals surface area contributed by atoms with Crippen LogP contribution in [0.25, 0.3) is 0 Å². The zero-order valence-electron chi connectivity index (χ0n) is 16.7. The molecule has 158 valence electrons. The first-order chi connectivity index (χ1) is 14.0. The molecule has 0 radical (unpaired) electrons. The third kappa shape index (κ3) is 7.21. The van der Waals surface area contributed by atoms with E-state index in [0.717, 1.165) is 12.0 Å². The van der Waals surface area contributed by atoms with Crippen LogP contribution in [0.3, 0.4) is 0 Å². The molecule has 8 heteroatoms. The molecule has 2 amide bonds. The number of Topliss-reactive ketones (excluding diaryl/α,β-unsaturated/α-hetero) is 1. The number of ketones is 1. The van der Waals surface area contributed by atoms with E-state index in [9.17, 15) is 19.2 Å². The summed E-state index contributed by atoms with van der Waals surface area (Å²) < 4.78 is 10.0. The lowest BCUT2D eigenvalue weighted by atomic mass is 10.1. The zero-order chi connectivity index (χ0) is 21.1. The summed E-state index contributed by atoms with van der Waals surface area (Å²) in [5.74, 6) is -1.14. The summed E-state index contributed by atoms with van der Waals surface area (Å²) in [6.45, 7) is 2.77. The van der Waals surface area contributed by atoms with Crippen molar-refractivity contribution in [3.8, 4) is 0 Å². The summed E-state index contributed by atoms with van der Waals surface area (Å²) in [5, 5.41) is 2.68. The molecular formula is C21H28N2O6. The molecular weight excluding hydrogens is 376 g/mol. The summed E-state index contributed by atoms with van der Waals surface area (Å²) in [5.41, 5.74) is 0.919. The number of hydrogen-bond donors (Lipinski definition) is 1.